The Bertz CT molecular complexity index is 467. The van der Waals surface area contributed by atoms with Crippen molar-refractivity contribution in [2.75, 3.05) is 18.1 Å². The maximum absolute atomic E-state index is 11.8. The summed E-state index contributed by atoms with van der Waals surface area (Å²) in [5.74, 6) is 0. The molecule has 1 saturated heterocycles. The fraction of sp³-hybridized carbons (Fsp3) is 0.333. The zero-order chi connectivity index (χ0) is 12.3. The highest BCUT2D eigenvalue weighted by Crippen LogP contribution is 2.26. The minimum Gasteiger partial charge on any atom is -0.449 e. The Morgan fingerprint density at radius 3 is 3.00 bits per heavy atom. The van der Waals surface area contributed by atoms with Gasteiger partial charge >= 0.3 is 6.09 Å². The smallest absolute Gasteiger partial charge is 0.414 e. The van der Waals surface area contributed by atoms with E-state index in [1.165, 1.54) is 4.90 Å². The third-order valence-corrected chi connectivity index (χ3v) is 2.79. The van der Waals surface area contributed by atoms with Crippen LogP contribution in [0.1, 0.15) is 12.0 Å². The Kier molecular flexibility index (Phi) is 3.26. The zero-order valence-corrected chi connectivity index (χ0v) is 9.30. The summed E-state index contributed by atoms with van der Waals surface area (Å²) >= 11 is 0. The predicted molar refractivity (Wildman–Crippen MR) is 62.4 cm³/mol. The van der Waals surface area contributed by atoms with Crippen molar-refractivity contribution < 1.29 is 9.53 Å². The van der Waals surface area contributed by atoms with Crippen LogP contribution >= 0.6 is 0 Å². The Morgan fingerprint density at radius 1 is 1.53 bits per heavy atom. The van der Waals surface area contributed by atoms with Crippen LogP contribution in [0.25, 0.3) is 0 Å². The summed E-state index contributed by atoms with van der Waals surface area (Å²) in [4.78, 5) is 13.2. The number of ether oxygens (including phenoxy) is 1. The molecule has 1 fully saturated rings. The van der Waals surface area contributed by atoms with Crippen LogP contribution in [0.3, 0.4) is 0 Å². The highest BCUT2D eigenvalue weighted by atomic mass is 16.6. The molecule has 0 radical (unpaired) electrons. The quantitative estimate of drug-likeness (QED) is 0.830. The van der Waals surface area contributed by atoms with Gasteiger partial charge in [-0.05, 0) is 12.1 Å². The van der Waals surface area contributed by atoms with E-state index in [1.807, 2.05) is 0 Å². The van der Waals surface area contributed by atoms with E-state index in [9.17, 15) is 4.79 Å². The summed E-state index contributed by atoms with van der Waals surface area (Å²) in [7, 11) is 0. The maximum Gasteiger partial charge on any atom is 0.414 e. The summed E-state index contributed by atoms with van der Waals surface area (Å²) in [5, 5.41) is 9.03. The lowest BCUT2D eigenvalue weighted by Gasteiger charge is -2.34. The summed E-state index contributed by atoms with van der Waals surface area (Å²) in [6.07, 6.45) is 0.247. The van der Waals surface area contributed by atoms with Crippen molar-refractivity contribution >= 4 is 11.8 Å². The number of rotatable bonds is 2. The molecular formula is C12H13N3O2. The van der Waals surface area contributed by atoms with E-state index in [-0.39, 0.29) is 6.04 Å². The molecule has 1 heterocycles. The number of nitriles is 1. The van der Waals surface area contributed by atoms with E-state index in [4.69, 9.17) is 15.7 Å². The molecule has 2 rings (SSSR count). The van der Waals surface area contributed by atoms with E-state index in [0.29, 0.717) is 30.8 Å². The standard InChI is InChI=1S/C12H13N3O2/c13-7-9-3-1-2-4-11(9)15-10(8-14)5-6-17-12(15)16/h1-4,10H,5-6,8,14H2. The minimum atomic E-state index is -0.436. The van der Waals surface area contributed by atoms with Crippen molar-refractivity contribution in [2.45, 2.75) is 12.5 Å². The number of anilines is 1. The van der Waals surface area contributed by atoms with Crippen molar-refractivity contribution in [1.82, 2.24) is 0 Å². The van der Waals surface area contributed by atoms with Gasteiger partial charge in [-0.3, -0.25) is 4.90 Å². The van der Waals surface area contributed by atoms with Gasteiger partial charge in [-0.2, -0.15) is 5.26 Å². The number of carbonyl (C=O) groups excluding carboxylic acids is 1. The maximum atomic E-state index is 11.8. The van der Waals surface area contributed by atoms with E-state index in [0.717, 1.165) is 0 Å². The lowest BCUT2D eigenvalue weighted by atomic mass is 10.1. The summed E-state index contributed by atoms with van der Waals surface area (Å²) in [6.45, 7) is 0.737. The monoisotopic (exact) mass is 231 g/mol. The van der Waals surface area contributed by atoms with Crippen LogP contribution in [-0.2, 0) is 4.74 Å². The van der Waals surface area contributed by atoms with Crippen molar-refractivity contribution in [3.05, 3.63) is 29.8 Å². The number of benzene rings is 1. The second-order valence-corrected chi connectivity index (χ2v) is 3.79. The Morgan fingerprint density at radius 2 is 2.29 bits per heavy atom. The average Bonchev–Trinajstić information content (AvgIpc) is 2.38. The van der Waals surface area contributed by atoms with Crippen molar-refractivity contribution in [2.24, 2.45) is 5.73 Å². The van der Waals surface area contributed by atoms with Crippen LogP contribution in [0.4, 0.5) is 10.5 Å². The first-order valence-corrected chi connectivity index (χ1v) is 5.43. The molecule has 1 unspecified atom stereocenters. The van der Waals surface area contributed by atoms with Gasteiger partial charge in [0.25, 0.3) is 0 Å². The Labute approximate surface area is 99.4 Å². The number of nitrogens with two attached hydrogens (primary N) is 1. The molecule has 1 atom stereocenters. The van der Waals surface area contributed by atoms with Gasteiger partial charge in [0.1, 0.15) is 6.07 Å². The number of nitrogens with zero attached hydrogens (tertiary/aromatic N) is 2. The van der Waals surface area contributed by atoms with Crippen LogP contribution in [0.15, 0.2) is 24.3 Å². The number of hydrogen-bond acceptors (Lipinski definition) is 4. The zero-order valence-electron chi connectivity index (χ0n) is 9.30. The van der Waals surface area contributed by atoms with E-state index in [1.54, 1.807) is 24.3 Å². The van der Waals surface area contributed by atoms with Crippen LogP contribution < -0.4 is 10.6 Å². The molecule has 1 aliphatic rings. The number of cyclic esters (lactones) is 1. The molecule has 88 valence electrons. The Balaban J connectivity index is 2.42. The van der Waals surface area contributed by atoms with Gasteiger partial charge in [0.15, 0.2) is 0 Å². The first kappa shape index (κ1) is 11.4. The summed E-state index contributed by atoms with van der Waals surface area (Å²) < 4.78 is 5.00. The van der Waals surface area contributed by atoms with Gasteiger partial charge in [-0.1, -0.05) is 12.1 Å². The molecule has 0 spiro atoms. The first-order chi connectivity index (χ1) is 8.27. The molecule has 0 aromatic heterocycles. The Hall–Kier alpha value is -2.06. The molecule has 17 heavy (non-hydrogen) atoms. The van der Waals surface area contributed by atoms with Gasteiger partial charge in [-0.15, -0.1) is 0 Å². The third-order valence-electron chi connectivity index (χ3n) is 2.79. The molecule has 1 aromatic carbocycles. The van der Waals surface area contributed by atoms with Gasteiger partial charge in [0.2, 0.25) is 0 Å². The number of para-hydroxylation sites is 1. The van der Waals surface area contributed by atoms with Crippen LogP contribution in [-0.4, -0.2) is 25.3 Å². The molecule has 0 aliphatic carbocycles. The van der Waals surface area contributed by atoms with Crippen LogP contribution in [0.5, 0.6) is 0 Å². The molecule has 1 aromatic rings. The normalized spacial score (nSPS) is 19.6. The van der Waals surface area contributed by atoms with E-state index in [2.05, 4.69) is 6.07 Å². The second-order valence-electron chi connectivity index (χ2n) is 3.79. The molecule has 1 aliphatic heterocycles. The minimum absolute atomic E-state index is 0.106. The summed E-state index contributed by atoms with van der Waals surface area (Å²) in [6, 6.07) is 8.91. The molecule has 5 heteroatoms. The lowest BCUT2D eigenvalue weighted by Crippen LogP contribution is -2.49. The highest BCUT2D eigenvalue weighted by molar-refractivity contribution is 5.90. The fourth-order valence-electron chi connectivity index (χ4n) is 1.93. The van der Waals surface area contributed by atoms with E-state index < -0.39 is 6.09 Å². The SMILES string of the molecule is N#Cc1ccccc1N1C(=O)OCCC1CN. The highest BCUT2D eigenvalue weighted by Gasteiger charge is 2.31. The number of hydrogen-bond donors (Lipinski definition) is 1. The van der Waals surface area contributed by atoms with Crippen molar-refractivity contribution in [3.63, 3.8) is 0 Å². The number of amides is 1. The average molecular weight is 231 g/mol. The van der Waals surface area contributed by atoms with Crippen molar-refractivity contribution in [1.29, 1.82) is 5.26 Å². The van der Waals surface area contributed by atoms with Gasteiger partial charge in [0.05, 0.1) is 23.9 Å². The first-order valence-electron chi connectivity index (χ1n) is 5.43. The summed E-state index contributed by atoms with van der Waals surface area (Å²) in [5.41, 5.74) is 6.67. The van der Waals surface area contributed by atoms with Gasteiger partial charge in [-0.25, -0.2) is 4.79 Å². The number of carbonyl (C=O) groups is 1. The molecule has 1 amide bonds. The van der Waals surface area contributed by atoms with Crippen LogP contribution in [0.2, 0.25) is 0 Å². The molecule has 2 N–H and O–H groups in total. The third kappa shape index (κ3) is 2.08. The molecule has 5 nitrogen and oxygen atoms in total. The molecular weight excluding hydrogens is 218 g/mol. The molecule has 0 bridgehead atoms. The lowest BCUT2D eigenvalue weighted by molar-refractivity contribution is 0.130. The van der Waals surface area contributed by atoms with Crippen LogP contribution in [0, 0.1) is 11.3 Å². The predicted octanol–water partition coefficient (Wildman–Crippen LogP) is 1.23. The fourth-order valence-corrected chi connectivity index (χ4v) is 1.93. The van der Waals surface area contributed by atoms with Crippen molar-refractivity contribution in [3.8, 4) is 6.07 Å². The van der Waals surface area contributed by atoms with Gasteiger partial charge < -0.3 is 10.5 Å². The molecule has 0 saturated carbocycles. The topological polar surface area (TPSA) is 79.3 Å². The second kappa shape index (κ2) is 4.85. The van der Waals surface area contributed by atoms with E-state index >= 15 is 0 Å². The largest absolute Gasteiger partial charge is 0.449 e. The van der Waals surface area contributed by atoms with Gasteiger partial charge in [0, 0.05) is 13.0 Å².